The van der Waals surface area contributed by atoms with Crippen LogP contribution in [0.1, 0.15) is 54.0 Å². The van der Waals surface area contributed by atoms with E-state index in [1.54, 1.807) is 12.1 Å². The van der Waals surface area contributed by atoms with Crippen LogP contribution in [0.25, 0.3) is 11.0 Å². The standard InChI is InChI=1S/C30H35N3O3/c1-2-13-24-14-5-8-17-27(24)35-22-11-10-21-33-26-16-7-6-15-25(26)32-29(33)19-4-3-9-20-31-30(34)28-18-12-23-36-28/h2,5-8,12,14-18,23H,1,3-4,9-11,13,19-22H2,(H,31,34). The minimum Gasteiger partial charge on any atom is -0.493 e. The largest absolute Gasteiger partial charge is 0.493 e. The van der Waals surface area contributed by atoms with Crippen molar-refractivity contribution in [2.24, 2.45) is 0 Å². The predicted octanol–water partition coefficient (Wildman–Crippen LogP) is 6.36. The van der Waals surface area contributed by atoms with Crippen LogP contribution in [-0.2, 0) is 19.4 Å². The van der Waals surface area contributed by atoms with E-state index in [2.05, 4.69) is 40.7 Å². The number of ether oxygens (including phenoxy) is 1. The fraction of sp³-hybridized carbons (Fsp3) is 0.333. The van der Waals surface area contributed by atoms with Crippen LogP contribution in [0.15, 0.2) is 84.0 Å². The maximum Gasteiger partial charge on any atom is 0.286 e. The third-order valence-electron chi connectivity index (χ3n) is 6.21. The fourth-order valence-electron chi connectivity index (χ4n) is 4.37. The molecular formula is C30H35N3O3. The van der Waals surface area contributed by atoms with Crippen LogP contribution in [-0.4, -0.2) is 28.6 Å². The van der Waals surface area contributed by atoms with E-state index >= 15 is 0 Å². The summed E-state index contributed by atoms with van der Waals surface area (Å²) in [7, 11) is 0. The summed E-state index contributed by atoms with van der Waals surface area (Å²) in [4.78, 5) is 16.9. The van der Waals surface area contributed by atoms with E-state index in [4.69, 9.17) is 14.1 Å². The van der Waals surface area contributed by atoms with Gasteiger partial charge in [-0.1, -0.05) is 42.8 Å². The number of nitrogens with one attached hydrogen (secondary N) is 1. The SMILES string of the molecule is C=CCc1ccccc1OCCCCn1c(CCCCCNC(=O)c2ccco2)nc2ccccc21. The highest BCUT2D eigenvalue weighted by molar-refractivity contribution is 5.91. The molecule has 0 radical (unpaired) electrons. The average Bonchev–Trinajstić information content (AvgIpc) is 3.56. The van der Waals surface area contributed by atoms with E-state index in [0.717, 1.165) is 68.6 Å². The van der Waals surface area contributed by atoms with E-state index in [-0.39, 0.29) is 5.91 Å². The van der Waals surface area contributed by atoms with Gasteiger partial charge in [-0.15, -0.1) is 6.58 Å². The highest BCUT2D eigenvalue weighted by Crippen LogP contribution is 2.21. The van der Waals surface area contributed by atoms with Gasteiger partial charge in [-0.25, -0.2) is 4.98 Å². The van der Waals surface area contributed by atoms with Crippen LogP contribution in [0.4, 0.5) is 0 Å². The molecule has 0 unspecified atom stereocenters. The molecular weight excluding hydrogens is 450 g/mol. The molecule has 0 saturated carbocycles. The fourth-order valence-corrected chi connectivity index (χ4v) is 4.37. The van der Waals surface area contributed by atoms with Crippen LogP contribution < -0.4 is 10.1 Å². The summed E-state index contributed by atoms with van der Waals surface area (Å²) >= 11 is 0. The van der Waals surface area contributed by atoms with Crippen molar-refractivity contribution in [3.63, 3.8) is 0 Å². The number of hydrogen-bond acceptors (Lipinski definition) is 4. The number of fused-ring (bicyclic) bond motifs is 1. The maximum atomic E-state index is 11.9. The Morgan fingerprint density at radius 3 is 2.72 bits per heavy atom. The number of carbonyl (C=O) groups is 1. The van der Waals surface area contributed by atoms with Crippen molar-refractivity contribution in [1.29, 1.82) is 0 Å². The number of allylic oxidation sites excluding steroid dienone is 1. The first-order chi connectivity index (χ1) is 17.8. The van der Waals surface area contributed by atoms with Gasteiger partial charge in [0.15, 0.2) is 5.76 Å². The number of amides is 1. The zero-order valence-electron chi connectivity index (χ0n) is 20.8. The molecule has 2 aromatic heterocycles. The molecule has 4 rings (SSSR count). The van der Waals surface area contributed by atoms with Crippen LogP contribution in [0.3, 0.4) is 0 Å². The van der Waals surface area contributed by atoms with Gasteiger partial charge in [0.05, 0.1) is 23.9 Å². The van der Waals surface area contributed by atoms with Gasteiger partial charge in [0.25, 0.3) is 5.91 Å². The van der Waals surface area contributed by atoms with Crippen LogP contribution in [0, 0.1) is 0 Å². The summed E-state index contributed by atoms with van der Waals surface area (Å²) in [5.41, 5.74) is 3.42. The molecule has 2 aromatic carbocycles. The van der Waals surface area contributed by atoms with E-state index in [1.165, 1.54) is 17.3 Å². The summed E-state index contributed by atoms with van der Waals surface area (Å²) in [5.74, 6) is 2.28. The predicted molar refractivity (Wildman–Crippen MR) is 143 cm³/mol. The summed E-state index contributed by atoms with van der Waals surface area (Å²) in [6.45, 7) is 6.10. The number of benzene rings is 2. The summed E-state index contributed by atoms with van der Waals surface area (Å²) in [6, 6.07) is 19.9. The lowest BCUT2D eigenvalue weighted by Crippen LogP contribution is -2.23. The molecule has 0 fully saturated rings. The number of carbonyl (C=O) groups excluding carboxylic acids is 1. The normalized spacial score (nSPS) is 11.0. The maximum absolute atomic E-state index is 11.9. The van der Waals surface area contributed by atoms with E-state index < -0.39 is 0 Å². The topological polar surface area (TPSA) is 69.3 Å². The smallest absolute Gasteiger partial charge is 0.286 e. The van der Waals surface area contributed by atoms with Crippen LogP contribution in [0.5, 0.6) is 5.75 Å². The summed E-state index contributed by atoms with van der Waals surface area (Å²) in [5, 5.41) is 2.91. The molecule has 188 valence electrons. The molecule has 1 N–H and O–H groups in total. The first-order valence-corrected chi connectivity index (χ1v) is 12.8. The van der Waals surface area contributed by atoms with Gasteiger partial charge in [0.2, 0.25) is 0 Å². The molecule has 2 heterocycles. The molecule has 0 atom stereocenters. The number of hydrogen-bond donors (Lipinski definition) is 1. The number of unbranched alkanes of at least 4 members (excludes halogenated alkanes) is 3. The van der Waals surface area contributed by atoms with Crippen LogP contribution >= 0.6 is 0 Å². The molecule has 0 aliphatic heterocycles. The molecule has 36 heavy (non-hydrogen) atoms. The molecule has 0 aliphatic carbocycles. The number of imidazole rings is 1. The number of aryl methyl sites for hydroxylation is 2. The minimum atomic E-state index is -0.157. The molecule has 0 saturated heterocycles. The van der Waals surface area contributed by atoms with Crippen molar-refractivity contribution in [2.45, 2.75) is 51.5 Å². The van der Waals surface area contributed by atoms with Gasteiger partial charge in [-0.2, -0.15) is 0 Å². The van der Waals surface area contributed by atoms with Crippen molar-refractivity contribution in [3.05, 3.63) is 96.7 Å². The second-order valence-corrected chi connectivity index (χ2v) is 8.87. The highest BCUT2D eigenvalue weighted by Gasteiger charge is 2.11. The summed E-state index contributed by atoms with van der Waals surface area (Å²) in [6.07, 6.45) is 10.1. The van der Waals surface area contributed by atoms with E-state index in [1.807, 2.05) is 30.3 Å². The Morgan fingerprint density at radius 2 is 1.86 bits per heavy atom. The Morgan fingerprint density at radius 1 is 1.00 bits per heavy atom. The number of aromatic nitrogens is 2. The molecule has 6 nitrogen and oxygen atoms in total. The van der Waals surface area contributed by atoms with Gasteiger partial charge >= 0.3 is 0 Å². The Balaban J connectivity index is 1.23. The Bertz CT molecular complexity index is 1240. The quantitative estimate of drug-likeness (QED) is 0.157. The van der Waals surface area contributed by atoms with Crippen molar-refractivity contribution in [2.75, 3.05) is 13.2 Å². The Labute approximate surface area is 213 Å². The first kappa shape index (κ1) is 25.3. The van der Waals surface area contributed by atoms with Crippen molar-refractivity contribution in [3.8, 4) is 5.75 Å². The van der Waals surface area contributed by atoms with Gasteiger partial charge in [-0.3, -0.25) is 4.79 Å². The third-order valence-corrected chi connectivity index (χ3v) is 6.21. The van der Waals surface area contributed by atoms with Crippen molar-refractivity contribution < 1.29 is 13.9 Å². The average molecular weight is 486 g/mol. The second-order valence-electron chi connectivity index (χ2n) is 8.87. The lowest BCUT2D eigenvalue weighted by Gasteiger charge is -2.12. The zero-order chi connectivity index (χ0) is 25.0. The Hall–Kier alpha value is -3.80. The van der Waals surface area contributed by atoms with Crippen LogP contribution in [0.2, 0.25) is 0 Å². The zero-order valence-corrected chi connectivity index (χ0v) is 20.8. The highest BCUT2D eigenvalue weighted by atomic mass is 16.5. The molecule has 6 heteroatoms. The van der Waals surface area contributed by atoms with E-state index in [0.29, 0.717) is 18.9 Å². The first-order valence-electron chi connectivity index (χ1n) is 12.8. The monoisotopic (exact) mass is 485 g/mol. The van der Waals surface area contributed by atoms with Gasteiger partial charge in [0.1, 0.15) is 11.6 Å². The molecule has 4 aromatic rings. The molecule has 0 bridgehead atoms. The molecule has 0 spiro atoms. The van der Waals surface area contributed by atoms with Gasteiger partial charge in [0, 0.05) is 19.5 Å². The number of rotatable bonds is 15. The molecule has 1 amide bonds. The number of para-hydroxylation sites is 3. The number of furan rings is 1. The molecule has 0 aliphatic rings. The Kier molecular flexibility index (Phi) is 9.37. The second kappa shape index (κ2) is 13.3. The lowest BCUT2D eigenvalue weighted by molar-refractivity contribution is 0.0925. The summed E-state index contributed by atoms with van der Waals surface area (Å²) < 4.78 is 13.5. The van der Waals surface area contributed by atoms with Gasteiger partial charge in [-0.05, 0) is 68.0 Å². The van der Waals surface area contributed by atoms with E-state index in [9.17, 15) is 4.79 Å². The van der Waals surface area contributed by atoms with Gasteiger partial charge < -0.3 is 19.0 Å². The van der Waals surface area contributed by atoms with Crippen molar-refractivity contribution >= 4 is 16.9 Å². The minimum absolute atomic E-state index is 0.157. The van der Waals surface area contributed by atoms with Crippen molar-refractivity contribution in [1.82, 2.24) is 14.9 Å². The number of nitrogens with zero attached hydrogens (tertiary/aromatic N) is 2. The lowest BCUT2D eigenvalue weighted by atomic mass is 10.1. The third kappa shape index (κ3) is 6.87.